The topological polar surface area (TPSA) is 48.5 Å². The van der Waals surface area contributed by atoms with E-state index in [1.165, 1.54) is 46.6 Å². The number of piperidine rings is 1. The number of hydrogen-bond acceptors (Lipinski definition) is 5. The number of anilines is 1. The Morgan fingerprint density at radius 1 is 0.842 bits per heavy atom. The van der Waals surface area contributed by atoms with Crippen LogP contribution in [0.25, 0.3) is 0 Å². The summed E-state index contributed by atoms with van der Waals surface area (Å²) in [5, 5.41) is 0. The largest absolute Gasteiger partial charge is 0.573 e. The summed E-state index contributed by atoms with van der Waals surface area (Å²) in [6, 6.07) is 9.94. The maximum absolute atomic E-state index is 13.5. The number of urea groups is 1. The molecule has 0 radical (unpaired) electrons. The molecule has 10 heteroatoms. The van der Waals surface area contributed by atoms with E-state index in [0.29, 0.717) is 44.8 Å². The fraction of sp³-hybridized carbons (Fsp3) is 0.536. The SMILES string of the molecule is Cc1ccc(N2CCN(C)CC2)c2c1CCN(C(=O)N1CCC(Oc3ccc(OC(F)(F)F)cc3)CC1)C2. The molecule has 2 fully saturated rings. The van der Waals surface area contributed by atoms with Gasteiger partial charge in [-0.05, 0) is 67.4 Å². The number of nitrogens with zero attached hydrogens (tertiary/aromatic N) is 4. The van der Waals surface area contributed by atoms with E-state index in [4.69, 9.17) is 4.74 Å². The molecule has 3 aliphatic rings. The summed E-state index contributed by atoms with van der Waals surface area (Å²) < 4.78 is 47.0. The fourth-order valence-electron chi connectivity index (χ4n) is 5.62. The van der Waals surface area contributed by atoms with Crippen molar-refractivity contribution in [1.82, 2.24) is 14.7 Å². The third-order valence-corrected chi connectivity index (χ3v) is 7.81. The van der Waals surface area contributed by atoms with Gasteiger partial charge in [-0.3, -0.25) is 0 Å². The van der Waals surface area contributed by atoms with Crippen LogP contribution in [0.15, 0.2) is 36.4 Å². The number of alkyl halides is 3. The number of likely N-dealkylation sites (N-methyl/N-ethyl adjacent to an activating group) is 1. The van der Waals surface area contributed by atoms with Gasteiger partial charge in [0, 0.05) is 70.9 Å². The van der Waals surface area contributed by atoms with E-state index in [9.17, 15) is 18.0 Å². The molecule has 2 aromatic rings. The molecule has 3 heterocycles. The van der Waals surface area contributed by atoms with Crippen LogP contribution in [-0.4, -0.2) is 86.1 Å². The Kier molecular flexibility index (Phi) is 7.61. The molecule has 0 bridgehead atoms. The Hall–Kier alpha value is -3.14. The smallest absolute Gasteiger partial charge is 0.490 e. The lowest BCUT2D eigenvalue weighted by Crippen LogP contribution is -2.50. The molecule has 0 unspecified atom stereocenters. The van der Waals surface area contributed by atoms with Crippen LogP contribution in [0, 0.1) is 6.92 Å². The highest BCUT2D eigenvalue weighted by Gasteiger charge is 2.32. The minimum atomic E-state index is -4.72. The number of carbonyl (C=O) groups is 1. The average molecular weight is 533 g/mol. The van der Waals surface area contributed by atoms with Gasteiger partial charge in [0.15, 0.2) is 0 Å². The quantitative estimate of drug-likeness (QED) is 0.573. The molecule has 5 rings (SSSR count). The standard InChI is InChI=1S/C28H35F3N4O3/c1-20-3-8-26(33-17-15-32(2)16-18-33)25-19-35(14-11-24(20)25)27(36)34-12-9-22(10-13-34)37-21-4-6-23(7-5-21)38-28(29,30)31/h3-8,22H,9-19H2,1-2H3. The van der Waals surface area contributed by atoms with Crippen LogP contribution in [0.3, 0.4) is 0 Å². The van der Waals surface area contributed by atoms with Crippen molar-refractivity contribution in [2.75, 3.05) is 57.8 Å². The number of fused-ring (bicyclic) bond motifs is 1. The van der Waals surface area contributed by atoms with Crippen LogP contribution in [0.2, 0.25) is 0 Å². The van der Waals surface area contributed by atoms with E-state index in [1.54, 1.807) is 0 Å². The van der Waals surface area contributed by atoms with Crippen molar-refractivity contribution >= 4 is 11.7 Å². The van der Waals surface area contributed by atoms with Crippen LogP contribution in [0.1, 0.15) is 29.5 Å². The molecule has 0 N–H and O–H groups in total. The zero-order valence-electron chi connectivity index (χ0n) is 22.0. The molecule has 7 nitrogen and oxygen atoms in total. The van der Waals surface area contributed by atoms with Crippen LogP contribution in [-0.2, 0) is 13.0 Å². The number of benzene rings is 2. The first-order chi connectivity index (χ1) is 18.2. The number of piperazine rings is 1. The van der Waals surface area contributed by atoms with E-state index in [2.05, 4.69) is 40.6 Å². The van der Waals surface area contributed by atoms with Crippen molar-refractivity contribution in [3.63, 3.8) is 0 Å². The number of ether oxygens (including phenoxy) is 2. The lowest BCUT2D eigenvalue weighted by Gasteiger charge is -2.40. The first-order valence-electron chi connectivity index (χ1n) is 13.3. The molecule has 0 atom stereocenters. The summed E-state index contributed by atoms with van der Waals surface area (Å²) in [4.78, 5) is 22.2. The van der Waals surface area contributed by atoms with Gasteiger partial charge in [0.2, 0.25) is 0 Å². The second kappa shape index (κ2) is 10.9. The molecule has 38 heavy (non-hydrogen) atoms. The minimum absolute atomic E-state index is 0.0635. The Bertz CT molecular complexity index is 1130. The van der Waals surface area contributed by atoms with Gasteiger partial charge in [0.25, 0.3) is 0 Å². The van der Waals surface area contributed by atoms with Gasteiger partial charge in [-0.1, -0.05) is 6.07 Å². The van der Waals surface area contributed by atoms with Gasteiger partial charge in [0.1, 0.15) is 17.6 Å². The Morgan fingerprint density at radius 2 is 1.50 bits per heavy atom. The van der Waals surface area contributed by atoms with Crippen LogP contribution in [0.5, 0.6) is 11.5 Å². The number of rotatable bonds is 4. The first kappa shape index (κ1) is 26.5. The second-order valence-corrected chi connectivity index (χ2v) is 10.4. The number of likely N-dealkylation sites (tertiary alicyclic amines) is 1. The van der Waals surface area contributed by atoms with Crippen molar-refractivity contribution in [1.29, 1.82) is 0 Å². The Balaban J connectivity index is 1.17. The normalized spacial score (nSPS) is 19.3. The fourth-order valence-corrected chi connectivity index (χ4v) is 5.62. The average Bonchev–Trinajstić information content (AvgIpc) is 2.90. The lowest BCUT2D eigenvalue weighted by molar-refractivity contribution is -0.274. The number of halogens is 3. The predicted molar refractivity (Wildman–Crippen MR) is 139 cm³/mol. The maximum Gasteiger partial charge on any atom is 0.573 e. The number of hydrogen-bond donors (Lipinski definition) is 0. The van der Waals surface area contributed by atoms with Gasteiger partial charge in [-0.15, -0.1) is 13.2 Å². The van der Waals surface area contributed by atoms with E-state index in [0.717, 1.165) is 32.6 Å². The number of aryl methyl sites for hydroxylation is 1. The van der Waals surface area contributed by atoms with Gasteiger partial charge in [-0.25, -0.2) is 4.79 Å². The molecule has 0 spiro atoms. The molecular formula is C28H35F3N4O3. The van der Waals surface area contributed by atoms with Crippen molar-refractivity contribution in [3.05, 3.63) is 53.1 Å². The van der Waals surface area contributed by atoms with Gasteiger partial charge in [-0.2, -0.15) is 0 Å². The summed E-state index contributed by atoms with van der Waals surface area (Å²) in [6.07, 6.45) is -2.61. The van der Waals surface area contributed by atoms with E-state index in [-0.39, 0.29) is 17.9 Å². The third-order valence-electron chi connectivity index (χ3n) is 7.81. The zero-order chi connectivity index (χ0) is 26.9. The molecule has 0 aromatic heterocycles. The van der Waals surface area contributed by atoms with Crippen LogP contribution < -0.4 is 14.4 Å². The second-order valence-electron chi connectivity index (χ2n) is 10.4. The molecular weight excluding hydrogens is 497 g/mol. The summed E-state index contributed by atoms with van der Waals surface area (Å²) in [5.41, 5.74) is 5.21. The predicted octanol–water partition coefficient (Wildman–Crippen LogP) is 4.67. The molecule has 206 valence electrons. The third kappa shape index (κ3) is 6.11. The highest BCUT2D eigenvalue weighted by molar-refractivity contribution is 5.76. The molecule has 2 aromatic carbocycles. The molecule has 0 aliphatic carbocycles. The molecule has 2 saturated heterocycles. The van der Waals surface area contributed by atoms with Gasteiger partial charge >= 0.3 is 12.4 Å². The molecule has 2 amide bonds. The highest BCUT2D eigenvalue weighted by atomic mass is 19.4. The van der Waals surface area contributed by atoms with E-state index in [1.807, 2.05) is 9.80 Å². The van der Waals surface area contributed by atoms with Crippen LogP contribution >= 0.6 is 0 Å². The van der Waals surface area contributed by atoms with Crippen molar-refractivity contribution < 1.29 is 27.4 Å². The zero-order valence-corrected chi connectivity index (χ0v) is 22.0. The monoisotopic (exact) mass is 532 g/mol. The van der Waals surface area contributed by atoms with Crippen molar-refractivity contribution in [2.24, 2.45) is 0 Å². The summed E-state index contributed by atoms with van der Waals surface area (Å²) in [6.45, 7) is 8.72. The first-order valence-corrected chi connectivity index (χ1v) is 13.3. The highest BCUT2D eigenvalue weighted by Crippen LogP contribution is 2.33. The van der Waals surface area contributed by atoms with Gasteiger partial charge < -0.3 is 29.1 Å². The van der Waals surface area contributed by atoms with Crippen molar-refractivity contribution in [3.8, 4) is 11.5 Å². The summed E-state index contributed by atoms with van der Waals surface area (Å²) >= 11 is 0. The van der Waals surface area contributed by atoms with Crippen LogP contribution in [0.4, 0.5) is 23.7 Å². The van der Waals surface area contributed by atoms with E-state index < -0.39 is 6.36 Å². The number of amides is 2. The minimum Gasteiger partial charge on any atom is -0.490 e. The van der Waals surface area contributed by atoms with Crippen molar-refractivity contribution in [2.45, 2.75) is 45.2 Å². The van der Waals surface area contributed by atoms with E-state index >= 15 is 0 Å². The molecule has 3 aliphatic heterocycles. The Labute approximate surface area is 221 Å². The Morgan fingerprint density at radius 3 is 2.16 bits per heavy atom. The van der Waals surface area contributed by atoms with Gasteiger partial charge in [0.05, 0.1) is 0 Å². The molecule has 0 saturated carbocycles. The number of carbonyl (C=O) groups excluding carboxylic acids is 1. The maximum atomic E-state index is 13.5. The summed E-state index contributed by atoms with van der Waals surface area (Å²) in [5.74, 6) is 0.211. The lowest BCUT2D eigenvalue weighted by atomic mass is 9.93. The summed E-state index contributed by atoms with van der Waals surface area (Å²) in [7, 11) is 2.15.